The van der Waals surface area contributed by atoms with Crippen molar-refractivity contribution >= 4 is 27.8 Å². The molecule has 0 aromatic carbocycles. The van der Waals surface area contributed by atoms with Gasteiger partial charge in [0.1, 0.15) is 5.65 Å². The molecule has 1 saturated heterocycles. The molecule has 0 atom stereocenters. The quantitative estimate of drug-likeness (QED) is 0.383. The maximum absolute atomic E-state index is 4.79. The van der Waals surface area contributed by atoms with Gasteiger partial charge >= 0.3 is 0 Å². The first-order valence-corrected chi connectivity index (χ1v) is 11.1. The fourth-order valence-corrected chi connectivity index (χ4v) is 4.49. The Bertz CT molecular complexity index is 1360. The summed E-state index contributed by atoms with van der Waals surface area (Å²) in [6.07, 6.45) is 15.2. The molecule has 1 N–H and O–H groups in total. The van der Waals surface area contributed by atoms with Crippen molar-refractivity contribution in [2.75, 3.05) is 13.1 Å². The van der Waals surface area contributed by atoms with Gasteiger partial charge in [-0.25, -0.2) is 9.50 Å². The number of nitrogens with one attached hydrogen (secondary N) is 1. The van der Waals surface area contributed by atoms with E-state index < -0.39 is 0 Å². The molecule has 4 aromatic heterocycles. The smallest absolute Gasteiger partial charge is 0.138 e. The molecule has 0 saturated carbocycles. The van der Waals surface area contributed by atoms with Gasteiger partial charge in [0, 0.05) is 47.7 Å². The van der Waals surface area contributed by atoms with Gasteiger partial charge in [-0.1, -0.05) is 38.0 Å². The van der Waals surface area contributed by atoms with Crippen molar-refractivity contribution in [3.8, 4) is 11.1 Å². The van der Waals surface area contributed by atoms with Gasteiger partial charge in [-0.2, -0.15) is 5.10 Å². The summed E-state index contributed by atoms with van der Waals surface area (Å²) in [6, 6.07) is 8.42. The predicted molar refractivity (Wildman–Crippen MR) is 133 cm³/mol. The molecule has 0 spiro atoms. The van der Waals surface area contributed by atoms with Gasteiger partial charge in [0.15, 0.2) is 0 Å². The first-order chi connectivity index (χ1) is 15.7. The average Bonchev–Trinajstić information content (AvgIpc) is 3.46. The lowest BCUT2D eigenvalue weighted by atomic mass is 10.0. The molecule has 0 aliphatic carbocycles. The zero-order valence-electron chi connectivity index (χ0n) is 18.2. The molecule has 1 fully saturated rings. The second-order valence-corrected chi connectivity index (χ2v) is 8.15. The van der Waals surface area contributed by atoms with Crippen LogP contribution < -0.4 is 0 Å². The van der Waals surface area contributed by atoms with E-state index in [4.69, 9.17) is 4.98 Å². The van der Waals surface area contributed by atoms with E-state index in [1.54, 1.807) is 12.2 Å². The highest BCUT2D eigenvalue weighted by Crippen LogP contribution is 2.32. The van der Waals surface area contributed by atoms with E-state index in [0.717, 1.165) is 63.3 Å². The third-order valence-electron chi connectivity index (χ3n) is 6.23. The number of allylic oxidation sites excluding steroid dienone is 4. The van der Waals surface area contributed by atoms with Gasteiger partial charge in [0.05, 0.1) is 17.4 Å². The number of H-pyrrole nitrogens is 1. The largest absolute Gasteiger partial charge is 0.371 e. The summed E-state index contributed by atoms with van der Waals surface area (Å²) in [5.41, 5.74) is 8.13. The molecular formula is C27H27N5. The van der Waals surface area contributed by atoms with E-state index in [1.165, 1.54) is 19.3 Å². The molecule has 5 nitrogen and oxygen atoms in total. The van der Waals surface area contributed by atoms with Crippen LogP contribution in [0.15, 0.2) is 80.8 Å². The van der Waals surface area contributed by atoms with Crippen LogP contribution >= 0.6 is 0 Å². The fourth-order valence-electron chi connectivity index (χ4n) is 4.49. The van der Waals surface area contributed by atoms with Gasteiger partial charge in [-0.3, -0.25) is 0 Å². The third-order valence-corrected chi connectivity index (χ3v) is 6.23. The maximum Gasteiger partial charge on any atom is 0.138 e. The molecule has 5 heteroatoms. The lowest BCUT2D eigenvalue weighted by molar-refractivity contribution is 0.327. The standard InChI is InChI=1S/C27H27N5/c1-4-9-20(5-2)25-11-10-22-24(17-28-27(22)30-25)21-12-15-32-26(16-21)23(18-29-32)19(3)31-13-7-6-8-14-31/h4-5,9-12,15-18H,1-3,6-8,13-14H2,(H,28,30)/b20-9+. The number of hydrogen-bond acceptors (Lipinski definition) is 3. The van der Waals surface area contributed by atoms with E-state index >= 15 is 0 Å². The average molecular weight is 422 g/mol. The second kappa shape index (κ2) is 8.35. The van der Waals surface area contributed by atoms with E-state index in [9.17, 15) is 0 Å². The number of aromatic nitrogens is 4. The predicted octanol–water partition coefficient (Wildman–Crippen LogP) is 6.09. The molecule has 1 aliphatic rings. The minimum atomic E-state index is 0.848. The van der Waals surface area contributed by atoms with Crippen molar-refractivity contribution in [2.45, 2.75) is 19.3 Å². The van der Waals surface area contributed by atoms with E-state index in [1.807, 2.05) is 35.2 Å². The van der Waals surface area contributed by atoms with Gasteiger partial charge < -0.3 is 9.88 Å². The third kappa shape index (κ3) is 3.46. The Morgan fingerprint density at radius 2 is 1.94 bits per heavy atom. The van der Waals surface area contributed by atoms with Crippen molar-refractivity contribution in [1.82, 2.24) is 24.5 Å². The highest BCUT2D eigenvalue weighted by Gasteiger charge is 2.17. The number of aromatic amines is 1. The zero-order chi connectivity index (χ0) is 22.1. The van der Waals surface area contributed by atoms with E-state index in [2.05, 4.69) is 52.9 Å². The monoisotopic (exact) mass is 421 g/mol. The number of nitrogens with zero attached hydrogens (tertiary/aromatic N) is 4. The molecule has 0 bridgehead atoms. The Kier molecular flexibility index (Phi) is 5.23. The maximum atomic E-state index is 4.79. The summed E-state index contributed by atoms with van der Waals surface area (Å²) in [6.45, 7) is 14.2. The van der Waals surface area contributed by atoms with Crippen LogP contribution in [0, 0.1) is 0 Å². The Morgan fingerprint density at radius 3 is 2.72 bits per heavy atom. The van der Waals surface area contributed by atoms with Gasteiger partial charge in [0.2, 0.25) is 0 Å². The number of likely N-dealkylation sites (tertiary alicyclic amines) is 1. The van der Waals surface area contributed by atoms with E-state index in [-0.39, 0.29) is 0 Å². The van der Waals surface area contributed by atoms with Crippen molar-refractivity contribution in [3.63, 3.8) is 0 Å². The van der Waals surface area contributed by atoms with Crippen LogP contribution in [-0.2, 0) is 0 Å². The van der Waals surface area contributed by atoms with Crippen LogP contribution in [0.4, 0.5) is 0 Å². The van der Waals surface area contributed by atoms with Crippen LogP contribution in [0.2, 0.25) is 0 Å². The molecule has 160 valence electrons. The van der Waals surface area contributed by atoms with Gasteiger partial charge in [0.25, 0.3) is 0 Å². The highest BCUT2D eigenvalue weighted by molar-refractivity contribution is 5.95. The van der Waals surface area contributed by atoms with Crippen LogP contribution in [-0.4, -0.2) is 37.6 Å². The van der Waals surface area contributed by atoms with Crippen molar-refractivity contribution < 1.29 is 0 Å². The Labute approximate surface area is 188 Å². The normalized spacial score (nSPS) is 14.8. The minimum absolute atomic E-state index is 0.848. The molecule has 0 unspecified atom stereocenters. The van der Waals surface area contributed by atoms with Crippen LogP contribution in [0.5, 0.6) is 0 Å². The lowest BCUT2D eigenvalue weighted by Gasteiger charge is -2.30. The number of pyridine rings is 2. The molecular weight excluding hydrogens is 394 g/mol. The lowest BCUT2D eigenvalue weighted by Crippen LogP contribution is -2.27. The van der Waals surface area contributed by atoms with Gasteiger partial charge in [-0.15, -0.1) is 0 Å². The molecule has 32 heavy (non-hydrogen) atoms. The highest BCUT2D eigenvalue weighted by atomic mass is 15.2. The SMILES string of the molecule is C=C/C=C(\C=C)c1ccc2c(-c3ccn4ncc(C(=C)N5CCCCC5)c4c3)c[nH]c2n1. The second-order valence-electron chi connectivity index (χ2n) is 8.15. The topological polar surface area (TPSA) is 49.2 Å². The van der Waals surface area contributed by atoms with E-state index in [0.29, 0.717) is 0 Å². The summed E-state index contributed by atoms with van der Waals surface area (Å²) in [5, 5.41) is 5.64. The molecule has 1 aliphatic heterocycles. The first-order valence-electron chi connectivity index (χ1n) is 11.1. The molecule has 5 rings (SSSR count). The molecule has 5 heterocycles. The van der Waals surface area contributed by atoms with Crippen molar-refractivity contribution in [1.29, 1.82) is 0 Å². The minimum Gasteiger partial charge on any atom is -0.371 e. The zero-order valence-corrected chi connectivity index (χ0v) is 18.2. The first kappa shape index (κ1) is 20.1. The number of hydrogen-bond donors (Lipinski definition) is 1. The number of rotatable bonds is 6. The summed E-state index contributed by atoms with van der Waals surface area (Å²) in [7, 11) is 0. The van der Waals surface area contributed by atoms with Crippen LogP contribution in [0.1, 0.15) is 30.5 Å². The van der Waals surface area contributed by atoms with Gasteiger partial charge in [-0.05, 0) is 54.7 Å². The summed E-state index contributed by atoms with van der Waals surface area (Å²) in [4.78, 5) is 10.5. The summed E-state index contributed by atoms with van der Waals surface area (Å²) >= 11 is 0. The van der Waals surface area contributed by atoms with Crippen molar-refractivity contribution in [2.24, 2.45) is 0 Å². The summed E-state index contributed by atoms with van der Waals surface area (Å²) in [5.74, 6) is 0. The number of fused-ring (bicyclic) bond motifs is 2. The Balaban J connectivity index is 1.54. The number of piperidine rings is 1. The molecule has 0 radical (unpaired) electrons. The fraction of sp³-hybridized carbons (Fsp3) is 0.185. The Morgan fingerprint density at radius 1 is 1.09 bits per heavy atom. The van der Waals surface area contributed by atoms with Crippen molar-refractivity contribution in [3.05, 3.63) is 92.1 Å². The Hall–Kier alpha value is -3.86. The van der Waals surface area contributed by atoms with Crippen LogP contribution in [0.3, 0.4) is 0 Å². The van der Waals surface area contributed by atoms with Crippen LogP contribution in [0.25, 0.3) is 38.9 Å². The molecule has 4 aromatic rings. The molecule has 0 amide bonds. The summed E-state index contributed by atoms with van der Waals surface area (Å²) < 4.78 is 1.93.